The molecule has 168 valence electrons. The third-order valence-corrected chi connectivity index (χ3v) is 6.06. The van der Waals surface area contributed by atoms with Crippen LogP contribution in [-0.2, 0) is 0 Å². The Hall–Kier alpha value is -2.92. The molecule has 1 N–H and O–H groups in total. The maximum atomic E-state index is 13.1. The number of aromatic nitrogens is 1. The molecule has 1 aliphatic heterocycles. The van der Waals surface area contributed by atoms with Crippen molar-refractivity contribution in [2.45, 2.75) is 39.0 Å². The Morgan fingerprint density at radius 1 is 1.03 bits per heavy atom. The van der Waals surface area contributed by atoms with Crippen LogP contribution in [0, 0.1) is 0 Å². The third-order valence-electron chi connectivity index (χ3n) is 6.06. The molecule has 0 aliphatic carbocycles. The molecule has 32 heavy (non-hydrogen) atoms. The number of amides is 1. The van der Waals surface area contributed by atoms with Crippen LogP contribution in [0.3, 0.4) is 0 Å². The molecule has 3 aromatic rings. The molecule has 1 fully saturated rings. The van der Waals surface area contributed by atoms with Gasteiger partial charge in [-0.1, -0.05) is 31.0 Å². The molecule has 5 heteroatoms. The molecule has 4 rings (SSSR count). The second kappa shape index (κ2) is 11.1. The number of fused-ring (bicyclic) bond motifs is 1. The Bertz CT molecular complexity index is 1020. The first-order valence-electron chi connectivity index (χ1n) is 11.9. The van der Waals surface area contributed by atoms with E-state index in [2.05, 4.69) is 10.2 Å². The molecule has 1 aromatic heterocycles. The van der Waals surface area contributed by atoms with E-state index in [0.29, 0.717) is 18.7 Å². The maximum Gasteiger partial charge on any atom is 0.252 e. The number of para-hydroxylation sites is 1. The van der Waals surface area contributed by atoms with E-state index in [1.165, 1.54) is 38.8 Å². The van der Waals surface area contributed by atoms with Gasteiger partial charge >= 0.3 is 0 Å². The number of hydrogen-bond acceptors (Lipinski definition) is 4. The second-order valence-corrected chi connectivity index (χ2v) is 8.39. The summed E-state index contributed by atoms with van der Waals surface area (Å²) in [5.41, 5.74) is 3.26. The number of benzene rings is 2. The van der Waals surface area contributed by atoms with E-state index < -0.39 is 0 Å². The first-order valence-corrected chi connectivity index (χ1v) is 11.9. The van der Waals surface area contributed by atoms with Crippen LogP contribution in [-0.4, -0.2) is 48.6 Å². The molecule has 0 radical (unpaired) electrons. The summed E-state index contributed by atoms with van der Waals surface area (Å²) in [6.45, 7) is 6.72. The average Bonchev–Trinajstić information content (AvgIpc) is 3.10. The molecule has 1 saturated heterocycles. The first kappa shape index (κ1) is 22.3. The number of nitrogens with one attached hydrogen (secondary N) is 1. The van der Waals surface area contributed by atoms with Crippen LogP contribution in [0.2, 0.25) is 0 Å². The van der Waals surface area contributed by atoms with Gasteiger partial charge in [-0.15, -0.1) is 0 Å². The van der Waals surface area contributed by atoms with Crippen LogP contribution in [0.25, 0.3) is 22.2 Å². The lowest BCUT2D eigenvalue weighted by Gasteiger charge is -2.19. The number of pyridine rings is 1. The highest BCUT2D eigenvalue weighted by Crippen LogP contribution is 2.26. The second-order valence-electron chi connectivity index (χ2n) is 8.39. The van der Waals surface area contributed by atoms with E-state index >= 15 is 0 Å². The number of nitrogens with zero attached hydrogens (tertiary/aromatic N) is 2. The Morgan fingerprint density at radius 3 is 2.53 bits per heavy atom. The Balaban J connectivity index is 1.47. The van der Waals surface area contributed by atoms with Crippen molar-refractivity contribution in [1.29, 1.82) is 0 Å². The van der Waals surface area contributed by atoms with E-state index in [0.717, 1.165) is 40.9 Å². The van der Waals surface area contributed by atoms with Gasteiger partial charge in [-0.05, 0) is 82.2 Å². The molecule has 0 spiro atoms. The maximum absolute atomic E-state index is 13.1. The number of carbonyl (C=O) groups is 1. The summed E-state index contributed by atoms with van der Waals surface area (Å²) in [7, 11) is 0. The standard InChI is InChI=1S/C27H33N3O2/c1-2-32-22-14-12-21(13-15-22)26-20-24(23-10-5-6-11-25(23)29-26)27(31)28-16-9-19-30-17-7-3-4-8-18-30/h5-6,10-15,20H,2-4,7-9,16-19H2,1H3,(H,28,31). The minimum atomic E-state index is -0.0355. The highest BCUT2D eigenvalue weighted by atomic mass is 16.5. The van der Waals surface area contributed by atoms with Gasteiger partial charge in [0.05, 0.1) is 23.4 Å². The molecule has 0 bridgehead atoms. The van der Waals surface area contributed by atoms with Crippen molar-refractivity contribution in [3.8, 4) is 17.0 Å². The van der Waals surface area contributed by atoms with Crippen molar-refractivity contribution in [3.63, 3.8) is 0 Å². The zero-order valence-electron chi connectivity index (χ0n) is 19.0. The van der Waals surface area contributed by atoms with Gasteiger partial charge in [-0.2, -0.15) is 0 Å². The molecular formula is C27H33N3O2. The number of likely N-dealkylation sites (tertiary alicyclic amines) is 1. The number of rotatable bonds is 8. The summed E-state index contributed by atoms with van der Waals surface area (Å²) >= 11 is 0. The lowest BCUT2D eigenvalue weighted by molar-refractivity contribution is 0.0953. The number of hydrogen-bond donors (Lipinski definition) is 1. The van der Waals surface area contributed by atoms with Crippen LogP contribution < -0.4 is 10.1 Å². The Morgan fingerprint density at radius 2 is 1.78 bits per heavy atom. The fourth-order valence-electron chi connectivity index (χ4n) is 4.36. The largest absolute Gasteiger partial charge is 0.494 e. The lowest BCUT2D eigenvalue weighted by Crippen LogP contribution is -2.30. The highest BCUT2D eigenvalue weighted by Gasteiger charge is 2.14. The molecule has 2 heterocycles. The van der Waals surface area contributed by atoms with E-state index in [9.17, 15) is 4.79 Å². The van der Waals surface area contributed by atoms with Gasteiger partial charge in [0.15, 0.2) is 0 Å². The van der Waals surface area contributed by atoms with E-state index in [-0.39, 0.29) is 5.91 Å². The molecule has 0 saturated carbocycles. The summed E-state index contributed by atoms with van der Waals surface area (Å²) in [5, 5.41) is 4.02. The van der Waals surface area contributed by atoms with Crippen molar-refractivity contribution >= 4 is 16.8 Å². The van der Waals surface area contributed by atoms with Crippen LogP contribution in [0.5, 0.6) is 5.75 Å². The minimum Gasteiger partial charge on any atom is -0.494 e. The van der Waals surface area contributed by atoms with Gasteiger partial charge in [0.1, 0.15) is 5.75 Å². The predicted molar refractivity (Wildman–Crippen MR) is 130 cm³/mol. The number of carbonyl (C=O) groups excluding carboxylic acids is 1. The smallest absolute Gasteiger partial charge is 0.252 e. The average molecular weight is 432 g/mol. The Labute approximate surface area is 190 Å². The zero-order valence-corrected chi connectivity index (χ0v) is 19.0. The molecule has 0 atom stereocenters. The van der Waals surface area contributed by atoms with Gasteiger partial charge in [0.2, 0.25) is 0 Å². The van der Waals surface area contributed by atoms with Crippen molar-refractivity contribution in [2.75, 3.05) is 32.8 Å². The number of ether oxygens (including phenoxy) is 1. The van der Waals surface area contributed by atoms with Gasteiger partial charge in [0, 0.05) is 17.5 Å². The summed E-state index contributed by atoms with van der Waals surface area (Å²) < 4.78 is 5.55. The van der Waals surface area contributed by atoms with Crippen molar-refractivity contribution in [2.24, 2.45) is 0 Å². The Kier molecular flexibility index (Phi) is 7.73. The summed E-state index contributed by atoms with van der Waals surface area (Å²) in [6, 6.07) is 17.6. The molecular weight excluding hydrogens is 398 g/mol. The predicted octanol–water partition coefficient (Wildman–Crippen LogP) is 5.30. The molecule has 2 aromatic carbocycles. The minimum absolute atomic E-state index is 0.0355. The van der Waals surface area contributed by atoms with E-state index in [1.54, 1.807) is 0 Å². The molecule has 0 unspecified atom stereocenters. The van der Waals surface area contributed by atoms with Crippen molar-refractivity contribution in [3.05, 3.63) is 60.2 Å². The molecule has 1 aliphatic rings. The van der Waals surface area contributed by atoms with Gasteiger partial charge in [0.25, 0.3) is 5.91 Å². The first-order chi connectivity index (χ1) is 15.7. The lowest BCUT2D eigenvalue weighted by atomic mass is 10.0. The van der Waals surface area contributed by atoms with Crippen LogP contribution >= 0.6 is 0 Å². The fraction of sp³-hybridized carbons (Fsp3) is 0.407. The van der Waals surface area contributed by atoms with E-state index in [4.69, 9.17) is 9.72 Å². The topological polar surface area (TPSA) is 54.5 Å². The van der Waals surface area contributed by atoms with E-state index in [1.807, 2.05) is 61.5 Å². The van der Waals surface area contributed by atoms with Crippen LogP contribution in [0.1, 0.15) is 49.4 Å². The summed E-state index contributed by atoms with van der Waals surface area (Å²) in [5.74, 6) is 0.797. The normalized spacial score (nSPS) is 14.8. The SMILES string of the molecule is CCOc1ccc(-c2cc(C(=O)NCCCN3CCCCCC3)c3ccccc3n2)cc1. The quantitative estimate of drug-likeness (QED) is 0.492. The van der Waals surface area contributed by atoms with Gasteiger partial charge in [-0.25, -0.2) is 4.98 Å². The summed E-state index contributed by atoms with van der Waals surface area (Å²) in [6.07, 6.45) is 6.26. The molecule has 1 amide bonds. The highest BCUT2D eigenvalue weighted by molar-refractivity contribution is 6.07. The fourth-order valence-corrected chi connectivity index (χ4v) is 4.36. The third kappa shape index (κ3) is 5.65. The van der Waals surface area contributed by atoms with Crippen LogP contribution in [0.15, 0.2) is 54.6 Å². The van der Waals surface area contributed by atoms with Gasteiger partial charge in [-0.3, -0.25) is 4.79 Å². The van der Waals surface area contributed by atoms with Crippen molar-refractivity contribution in [1.82, 2.24) is 15.2 Å². The summed E-state index contributed by atoms with van der Waals surface area (Å²) in [4.78, 5) is 20.5. The van der Waals surface area contributed by atoms with Crippen LogP contribution in [0.4, 0.5) is 0 Å². The van der Waals surface area contributed by atoms with Gasteiger partial charge < -0.3 is 15.0 Å². The van der Waals surface area contributed by atoms with Crippen molar-refractivity contribution < 1.29 is 9.53 Å². The zero-order chi connectivity index (χ0) is 22.2. The molecule has 5 nitrogen and oxygen atoms in total. The monoisotopic (exact) mass is 431 g/mol.